The predicted octanol–water partition coefficient (Wildman–Crippen LogP) is 6.45. The first kappa shape index (κ1) is 19.0. The van der Waals surface area contributed by atoms with Gasteiger partial charge in [-0.15, -0.1) is 0 Å². The van der Waals surface area contributed by atoms with Crippen molar-refractivity contribution >= 4 is 27.5 Å². The van der Waals surface area contributed by atoms with Crippen molar-refractivity contribution in [2.24, 2.45) is 7.05 Å². The summed E-state index contributed by atoms with van der Waals surface area (Å²) in [6.45, 7) is 14.0. The van der Waals surface area contributed by atoms with Crippen molar-refractivity contribution in [3.8, 4) is 0 Å². The van der Waals surface area contributed by atoms with Crippen LogP contribution in [0.2, 0.25) is 0 Å². The van der Waals surface area contributed by atoms with Gasteiger partial charge >= 0.3 is 0 Å². The molecule has 0 spiro atoms. The second-order valence-electron chi connectivity index (χ2n) is 9.52. The van der Waals surface area contributed by atoms with Gasteiger partial charge in [0.15, 0.2) is 11.0 Å². The molecule has 0 aliphatic carbocycles. The maximum Gasteiger partial charge on any atom is 0.295 e. The number of nitrogens with zero attached hydrogens (tertiary/aromatic N) is 2. The average Bonchev–Trinajstić information content (AvgIpc) is 2.99. The Bertz CT molecular complexity index is 1180. The lowest BCUT2D eigenvalue weighted by Crippen LogP contribution is -2.30. The lowest BCUT2D eigenvalue weighted by molar-refractivity contribution is -0.617. The summed E-state index contributed by atoms with van der Waals surface area (Å²) in [5, 5.41) is 2.75. The number of para-hydroxylation sites is 2. The largest absolute Gasteiger partial charge is 0.295 e. The summed E-state index contributed by atoms with van der Waals surface area (Å²) in [6, 6.07) is 18.1. The standard InChI is InChI=1S/C26H33N2/c1-8-26(6,9-2)19-14-12-13-18-17-22(25(3,4)5)28-21-16-11-10-15-20(21)27(7)24(28)23(18)19/h10-17H,8-9H2,1-7H3/q+1. The lowest BCUT2D eigenvalue weighted by Gasteiger charge is -2.29. The Morgan fingerprint density at radius 2 is 1.57 bits per heavy atom. The first-order valence-corrected chi connectivity index (χ1v) is 10.6. The van der Waals surface area contributed by atoms with Gasteiger partial charge in [-0.2, -0.15) is 4.40 Å². The van der Waals surface area contributed by atoms with Crippen LogP contribution >= 0.6 is 0 Å². The average molecular weight is 374 g/mol. The number of hydrogen-bond donors (Lipinski definition) is 0. The van der Waals surface area contributed by atoms with Gasteiger partial charge in [0.2, 0.25) is 0 Å². The van der Waals surface area contributed by atoms with Gasteiger partial charge in [0, 0.05) is 5.41 Å². The minimum absolute atomic E-state index is 0.0516. The first-order valence-electron chi connectivity index (χ1n) is 10.6. The van der Waals surface area contributed by atoms with Crippen molar-refractivity contribution in [2.75, 3.05) is 0 Å². The Labute approximate surface area is 168 Å². The molecule has 0 saturated heterocycles. The van der Waals surface area contributed by atoms with E-state index in [2.05, 4.69) is 106 Å². The van der Waals surface area contributed by atoms with Crippen LogP contribution in [0.3, 0.4) is 0 Å². The molecule has 2 heterocycles. The van der Waals surface area contributed by atoms with Crippen molar-refractivity contribution in [3.05, 3.63) is 59.8 Å². The summed E-state index contributed by atoms with van der Waals surface area (Å²) in [6.07, 6.45) is 2.28. The third kappa shape index (κ3) is 2.57. The maximum absolute atomic E-state index is 2.51. The maximum atomic E-state index is 2.51. The molecule has 0 atom stereocenters. The molecule has 2 nitrogen and oxygen atoms in total. The van der Waals surface area contributed by atoms with Gasteiger partial charge in [-0.25, -0.2) is 4.57 Å². The third-order valence-corrected chi connectivity index (χ3v) is 6.85. The van der Waals surface area contributed by atoms with Crippen molar-refractivity contribution < 1.29 is 4.57 Å². The molecule has 2 heteroatoms. The minimum atomic E-state index is 0.0516. The van der Waals surface area contributed by atoms with E-state index in [1.165, 1.54) is 38.7 Å². The highest BCUT2D eigenvalue weighted by atomic mass is 15.1. The lowest BCUT2D eigenvalue weighted by atomic mass is 9.75. The molecule has 0 aliphatic heterocycles. The smallest absolute Gasteiger partial charge is 0.225 e. The molecule has 2 aromatic heterocycles. The van der Waals surface area contributed by atoms with E-state index in [1.807, 2.05) is 0 Å². The summed E-state index contributed by atoms with van der Waals surface area (Å²) >= 11 is 0. The number of pyridine rings is 1. The molecule has 2 aromatic carbocycles. The second-order valence-corrected chi connectivity index (χ2v) is 9.52. The van der Waals surface area contributed by atoms with E-state index in [9.17, 15) is 0 Å². The fourth-order valence-corrected chi connectivity index (χ4v) is 4.68. The molecule has 0 amide bonds. The van der Waals surface area contributed by atoms with Crippen molar-refractivity contribution in [1.82, 2.24) is 4.40 Å². The number of aryl methyl sites for hydroxylation is 1. The SMILES string of the molecule is CCC(C)(CC)c1cccc2cc(C(C)(C)C)n3c4ccccc4[n+](C)c3c12. The van der Waals surface area contributed by atoms with Gasteiger partial charge in [-0.1, -0.05) is 71.9 Å². The molecular weight excluding hydrogens is 340 g/mol. The van der Waals surface area contributed by atoms with E-state index in [4.69, 9.17) is 0 Å². The fraction of sp³-hybridized carbons (Fsp3) is 0.423. The van der Waals surface area contributed by atoms with Crippen LogP contribution in [0.5, 0.6) is 0 Å². The summed E-state index contributed by atoms with van der Waals surface area (Å²) in [4.78, 5) is 0. The Morgan fingerprint density at radius 3 is 2.21 bits per heavy atom. The third-order valence-electron chi connectivity index (χ3n) is 6.85. The van der Waals surface area contributed by atoms with Gasteiger partial charge in [0.05, 0.1) is 12.4 Å². The Morgan fingerprint density at radius 1 is 0.893 bits per heavy atom. The number of rotatable bonds is 3. The topological polar surface area (TPSA) is 8.29 Å². The van der Waals surface area contributed by atoms with E-state index in [1.54, 1.807) is 0 Å². The molecule has 0 fully saturated rings. The van der Waals surface area contributed by atoms with Gasteiger partial charge in [-0.3, -0.25) is 0 Å². The molecule has 0 saturated carbocycles. The summed E-state index contributed by atoms with van der Waals surface area (Å²) in [5.74, 6) is 0. The zero-order chi connectivity index (χ0) is 20.3. The quantitative estimate of drug-likeness (QED) is 0.365. The van der Waals surface area contributed by atoms with Crippen LogP contribution in [0.15, 0.2) is 48.5 Å². The number of fused-ring (bicyclic) bond motifs is 5. The van der Waals surface area contributed by atoms with Crippen LogP contribution in [-0.2, 0) is 17.9 Å². The van der Waals surface area contributed by atoms with Crippen LogP contribution in [0.4, 0.5) is 0 Å². The second kappa shape index (κ2) is 6.34. The first-order chi connectivity index (χ1) is 13.2. The van der Waals surface area contributed by atoms with E-state index < -0.39 is 0 Å². The van der Waals surface area contributed by atoms with E-state index in [0.717, 1.165) is 12.8 Å². The number of imidazole rings is 1. The molecule has 28 heavy (non-hydrogen) atoms. The Kier molecular flexibility index (Phi) is 4.30. The highest BCUT2D eigenvalue weighted by molar-refractivity contribution is 5.99. The molecule has 0 N–H and O–H groups in total. The van der Waals surface area contributed by atoms with Crippen molar-refractivity contribution in [3.63, 3.8) is 0 Å². The highest BCUT2D eigenvalue weighted by Crippen LogP contribution is 2.39. The summed E-state index contributed by atoms with van der Waals surface area (Å²) < 4.78 is 4.90. The van der Waals surface area contributed by atoms with Crippen molar-refractivity contribution in [2.45, 2.75) is 65.2 Å². The Hall–Kier alpha value is -2.35. The number of benzene rings is 2. The van der Waals surface area contributed by atoms with E-state index in [0.29, 0.717) is 0 Å². The fourth-order valence-electron chi connectivity index (χ4n) is 4.68. The zero-order valence-corrected chi connectivity index (χ0v) is 18.4. The van der Waals surface area contributed by atoms with Crippen LogP contribution in [0.1, 0.15) is 65.6 Å². The van der Waals surface area contributed by atoms with Crippen molar-refractivity contribution in [1.29, 1.82) is 0 Å². The monoisotopic (exact) mass is 373 g/mol. The van der Waals surface area contributed by atoms with Crippen LogP contribution < -0.4 is 4.57 Å². The molecule has 4 rings (SSSR count). The van der Waals surface area contributed by atoms with Crippen LogP contribution in [0, 0.1) is 0 Å². The molecule has 0 radical (unpaired) electrons. The van der Waals surface area contributed by atoms with Gasteiger partial charge in [-0.05, 0) is 47.4 Å². The minimum Gasteiger partial charge on any atom is -0.225 e. The number of hydrogen-bond acceptors (Lipinski definition) is 0. The highest BCUT2D eigenvalue weighted by Gasteiger charge is 2.32. The van der Waals surface area contributed by atoms with Gasteiger partial charge < -0.3 is 0 Å². The molecule has 146 valence electrons. The van der Waals surface area contributed by atoms with E-state index >= 15 is 0 Å². The van der Waals surface area contributed by atoms with Crippen LogP contribution in [0.25, 0.3) is 27.5 Å². The Balaban J connectivity index is 2.34. The molecule has 0 unspecified atom stereocenters. The zero-order valence-electron chi connectivity index (χ0n) is 18.4. The molecule has 0 bridgehead atoms. The summed E-state index contributed by atoms with van der Waals surface area (Å²) in [7, 11) is 2.22. The molecular formula is C26H33N2+. The number of aromatic nitrogens is 2. The van der Waals surface area contributed by atoms with E-state index in [-0.39, 0.29) is 10.8 Å². The normalized spacial score (nSPS) is 13.1. The molecule has 4 aromatic rings. The van der Waals surface area contributed by atoms with Gasteiger partial charge in [0.1, 0.15) is 5.69 Å². The van der Waals surface area contributed by atoms with Gasteiger partial charge in [0.25, 0.3) is 5.65 Å². The molecule has 0 aliphatic rings. The predicted molar refractivity (Wildman–Crippen MR) is 120 cm³/mol. The van der Waals surface area contributed by atoms with Crippen LogP contribution in [-0.4, -0.2) is 4.40 Å². The summed E-state index contributed by atoms with van der Waals surface area (Å²) in [5.41, 5.74) is 6.94.